The maximum absolute atomic E-state index is 12.4. The third-order valence-corrected chi connectivity index (χ3v) is 14.1. The molecule has 8 rings (SSSR count). The molecule has 4 aliphatic rings. The van der Waals surface area contributed by atoms with Crippen LogP contribution in [0.15, 0.2) is 127 Å². The molecule has 0 saturated heterocycles. The van der Waals surface area contributed by atoms with Crippen molar-refractivity contribution in [2.75, 3.05) is 0 Å². The molecule has 0 amide bonds. The summed E-state index contributed by atoms with van der Waals surface area (Å²) in [5.74, 6) is -2.42. The molecule has 0 fully saturated rings. The smallest absolute Gasteiger partial charge is 0.871 e. The van der Waals surface area contributed by atoms with Crippen LogP contribution in [0.2, 0.25) is 0 Å². The van der Waals surface area contributed by atoms with E-state index < -0.39 is 11.9 Å². The zero-order chi connectivity index (χ0) is 42.1. The maximum Gasteiger partial charge on any atom is 1.00 e. The summed E-state index contributed by atoms with van der Waals surface area (Å²) in [4.78, 5) is 48.6. The molecule has 0 atom stereocenters. The zero-order valence-electron chi connectivity index (χ0n) is 30.1. The molecule has 0 spiro atoms. The Labute approximate surface area is 449 Å². The van der Waals surface area contributed by atoms with Crippen LogP contribution in [0.25, 0.3) is 66.8 Å². The first-order valence-corrected chi connectivity index (χ1v) is 22.3. The standard InChI is InChI=1S/2C20H8Br4O5.2Na/c2*21-11-5-9-13(7-3-1-2-4-8(7)20(27)28)10-6-12(22)17(26)15(24)19(10)29-18(9)14(23)16(11)25;;/h2*1-6,25H,(H,27,28);;/q;;2*+1/p-2. The number of carbonyl (C=O) groups is 2. The first-order chi connectivity index (χ1) is 27.4. The number of benzene rings is 6. The number of rotatable bonds is 4. The first-order valence-electron chi connectivity index (χ1n) is 16.0. The van der Waals surface area contributed by atoms with Crippen LogP contribution in [-0.4, -0.2) is 22.2 Å². The summed E-state index contributed by atoms with van der Waals surface area (Å²) in [6.07, 6.45) is 0. The predicted octanol–water partition coefficient (Wildman–Crippen LogP) is 6.78. The molecule has 2 aliphatic carbocycles. The quantitative estimate of drug-likeness (QED) is 0.141. The van der Waals surface area contributed by atoms with Gasteiger partial charge in [0.25, 0.3) is 0 Å². The number of hydrogen-bond donors (Lipinski definition) is 2. The van der Waals surface area contributed by atoms with E-state index >= 15 is 0 Å². The van der Waals surface area contributed by atoms with E-state index in [9.17, 15) is 39.6 Å². The zero-order valence-corrected chi connectivity index (χ0v) is 46.8. The number of carboxylic acid groups (broad SMARTS) is 2. The molecule has 0 aromatic heterocycles. The van der Waals surface area contributed by atoms with Gasteiger partial charge in [0.05, 0.1) is 29.0 Å². The van der Waals surface area contributed by atoms with Crippen molar-refractivity contribution in [3.05, 3.63) is 140 Å². The average Bonchev–Trinajstić information content (AvgIpc) is 3.20. The van der Waals surface area contributed by atoms with Crippen molar-refractivity contribution in [3.8, 4) is 56.4 Å². The van der Waals surface area contributed by atoms with Crippen molar-refractivity contribution in [1.29, 1.82) is 0 Å². The van der Waals surface area contributed by atoms with Gasteiger partial charge in [-0.05, 0) is 143 Å². The number of aromatic carboxylic acids is 2. The van der Waals surface area contributed by atoms with E-state index in [1.54, 1.807) is 60.7 Å². The van der Waals surface area contributed by atoms with Gasteiger partial charge in [0.1, 0.15) is 20.1 Å². The van der Waals surface area contributed by atoms with Crippen LogP contribution in [0.3, 0.4) is 0 Å². The SMILES string of the molecule is O=C(O)c1ccccc1-c1c2cc(Br)c(=O)c(Br)c-2oc2c(Br)c([O-])c(Br)cc12.O=C(O)c1ccccc1-c1c2cc(Br)c(=O)c(Br)c-2oc2c(Br)c([O-])c(Br)cc12.[Na+].[Na+]. The molecular formula is C40H14Br8Na2O10. The summed E-state index contributed by atoms with van der Waals surface area (Å²) in [6.45, 7) is 0. The largest absolute Gasteiger partial charge is 1.00 e. The van der Waals surface area contributed by atoms with Crippen LogP contribution in [0.1, 0.15) is 20.7 Å². The van der Waals surface area contributed by atoms with Gasteiger partial charge in [-0.3, -0.25) is 9.59 Å². The number of hydrogen-bond acceptors (Lipinski definition) is 8. The van der Waals surface area contributed by atoms with Gasteiger partial charge in [-0.25, -0.2) is 9.59 Å². The Bertz CT molecular complexity index is 2940. The first kappa shape index (κ1) is 49.7. The van der Waals surface area contributed by atoms with Gasteiger partial charge in [-0.1, -0.05) is 79.8 Å². The number of carboxylic acids is 2. The molecule has 0 radical (unpaired) electrons. The predicted molar refractivity (Wildman–Crippen MR) is 243 cm³/mol. The molecule has 2 heterocycles. The molecule has 10 nitrogen and oxygen atoms in total. The van der Waals surface area contributed by atoms with Gasteiger partial charge < -0.3 is 29.3 Å². The molecule has 0 unspecified atom stereocenters. The summed E-state index contributed by atoms with van der Waals surface area (Å²) in [6, 6.07) is 19.4. The van der Waals surface area contributed by atoms with Gasteiger partial charge in [0.2, 0.25) is 10.9 Å². The Kier molecular flexibility index (Phi) is 16.4. The topological polar surface area (TPSA) is 181 Å². The molecule has 2 aliphatic heterocycles. The third kappa shape index (κ3) is 8.87. The van der Waals surface area contributed by atoms with Gasteiger partial charge in [0.15, 0.2) is 11.5 Å². The monoisotopic (exact) mass is 1330 g/mol. The second kappa shape index (κ2) is 19.8. The number of fused-ring (bicyclic) bond motifs is 4. The van der Waals surface area contributed by atoms with Crippen LogP contribution < -0.4 is 80.2 Å². The second-order valence-corrected chi connectivity index (χ2v) is 18.8. The molecule has 4 aromatic rings. The third-order valence-electron chi connectivity index (χ3n) is 8.86. The van der Waals surface area contributed by atoms with Crippen molar-refractivity contribution in [3.63, 3.8) is 0 Å². The van der Waals surface area contributed by atoms with E-state index in [1.165, 1.54) is 12.1 Å². The number of halogens is 8. The molecule has 2 N–H and O–H groups in total. The molecule has 0 saturated carbocycles. The Hall–Kier alpha value is -1.36. The fourth-order valence-corrected chi connectivity index (χ4v) is 11.1. The fraction of sp³-hybridized carbons (Fsp3) is 0. The average molecular weight is 1340 g/mol. The van der Waals surface area contributed by atoms with E-state index in [4.69, 9.17) is 8.83 Å². The summed E-state index contributed by atoms with van der Waals surface area (Å²) < 4.78 is 13.7. The second-order valence-electron chi connectivity index (χ2n) is 12.2. The van der Waals surface area contributed by atoms with Crippen LogP contribution in [-0.2, 0) is 0 Å². The Balaban J connectivity index is 0.000000220. The summed E-state index contributed by atoms with van der Waals surface area (Å²) in [5.41, 5.74) is 2.89. The van der Waals surface area contributed by atoms with Crippen LogP contribution in [0.4, 0.5) is 0 Å². The Morgan fingerprint density at radius 3 is 1.15 bits per heavy atom. The van der Waals surface area contributed by atoms with Crippen LogP contribution >= 0.6 is 127 Å². The molecule has 0 bridgehead atoms. The van der Waals surface area contributed by atoms with Crippen molar-refractivity contribution < 1.29 is 98.0 Å². The van der Waals surface area contributed by atoms with Gasteiger partial charge >= 0.3 is 71.1 Å². The molecule has 20 heteroatoms. The van der Waals surface area contributed by atoms with E-state index in [0.717, 1.165) is 0 Å². The van der Waals surface area contributed by atoms with Gasteiger partial charge in [-0.15, -0.1) is 0 Å². The van der Waals surface area contributed by atoms with Crippen LogP contribution in [0.5, 0.6) is 11.5 Å². The van der Waals surface area contributed by atoms with E-state index in [-0.39, 0.29) is 133 Å². The van der Waals surface area contributed by atoms with E-state index in [0.29, 0.717) is 62.0 Å². The summed E-state index contributed by atoms with van der Waals surface area (Å²) in [5, 5.41) is 45.3. The maximum atomic E-state index is 12.4. The van der Waals surface area contributed by atoms with Crippen LogP contribution in [0, 0.1) is 0 Å². The summed E-state index contributed by atoms with van der Waals surface area (Å²) in [7, 11) is 0. The molecule has 292 valence electrons. The van der Waals surface area contributed by atoms with Crippen molar-refractivity contribution >= 4 is 161 Å². The Morgan fingerprint density at radius 2 is 0.817 bits per heavy atom. The van der Waals surface area contributed by atoms with Gasteiger partial charge in [-0.2, -0.15) is 0 Å². The minimum atomic E-state index is -1.10. The molecular weight excluding hydrogens is 1330 g/mol. The molecule has 4 aromatic carbocycles. The fourth-order valence-electron chi connectivity index (χ4n) is 6.33. The summed E-state index contributed by atoms with van der Waals surface area (Å²) >= 11 is 26.1. The van der Waals surface area contributed by atoms with E-state index in [1.807, 2.05) is 0 Å². The minimum Gasteiger partial charge on any atom is -0.871 e. The Morgan fingerprint density at radius 1 is 0.483 bits per heavy atom. The minimum absolute atomic E-state index is 0. The van der Waals surface area contributed by atoms with Crippen molar-refractivity contribution in [2.45, 2.75) is 0 Å². The molecule has 60 heavy (non-hydrogen) atoms. The van der Waals surface area contributed by atoms with Crippen molar-refractivity contribution in [2.24, 2.45) is 0 Å². The van der Waals surface area contributed by atoms with Crippen molar-refractivity contribution in [1.82, 2.24) is 0 Å². The normalized spacial score (nSPS) is 10.9. The van der Waals surface area contributed by atoms with Gasteiger partial charge in [0, 0.05) is 42.0 Å². The van der Waals surface area contributed by atoms with E-state index in [2.05, 4.69) is 127 Å².